The van der Waals surface area contributed by atoms with Gasteiger partial charge in [-0.2, -0.15) is 0 Å². The molecule has 0 amide bonds. The van der Waals surface area contributed by atoms with Gasteiger partial charge in [0.2, 0.25) is 0 Å². The van der Waals surface area contributed by atoms with E-state index in [0.29, 0.717) is 11.8 Å². The second-order valence-electron chi connectivity index (χ2n) is 6.29. The Balaban J connectivity index is 1.79. The third-order valence-electron chi connectivity index (χ3n) is 4.84. The van der Waals surface area contributed by atoms with Gasteiger partial charge in [-0.1, -0.05) is 30.5 Å². The predicted octanol–water partition coefficient (Wildman–Crippen LogP) is 3.41. The Kier molecular flexibility index (Phi) is 3.44. The molecule has 1 N–H and O–H groups in total. The molecule has 102 valence electrons. The summed E-state index contributed by atoms with van der Waals surface area (Å²) in [5.74, 6) is 1.03. The lowest BCUT2D eigenvalue weighted by Crippen LogP contribution is -2.37. The summed E-state index contributed by atoms with van der Waals surface area (Å²) in [6.45, 7) is 4.09. The molecule has 1 aromatic rings. The van der Waals surface area contributed by atoms with E-state index in [0.717, 1.165) is 23.5 Å². The number of carbonyl (C=O) groups excluding carboxylic acids is 1. The van der Waals surface area contributed by atoms with Gasteiger partial charge in [-0.25, -0.2) is 0 Å². The molecule has 2 nitrogen and oxygen atoms in total. The molecule has 2 fully saturated rings. The van der Waals surface area contributed by atoms with Crippen molar-refractivity contribution in [1.29, 1.82) is 0 Å². The SMILES string of the molecule is Cc1ccc(C)c(C(=O)C2CC3CCCCC3N2)c1. The third-order valence-corrected chi connectivity index (χ3v) is 4.84. The number of hydrogen-bond acceptors (Lipinski definition) is 2. The van der Waals surface area contributed by atoms with Gasteiger partial charge < -0.3 is 5.32 Å². The zero-order valence-electron chi connectivity index (χ0n) is 11.9. The lowest BCUT2D eigenvalue weighted by molar-refractivity contribution is 0.0948. The van der Waals surface area contributed by atoms with Crippen LogP contribution in [0.4, 0.5) is 0 Å². The standard InChI is InChI=1S/C17H23NO/c1-11-7-8-12(2)14(9-11)17(19)16-10-13-5-3-4-6-15(13)18-16/h7-9,13,15-16,18H,3-6,10H2,1-2H3. The van der Waals surface area contributed by atoms with Crippen LogP contribution in [0.2, 0.25) is 0 Å². The molecule has 1 aromatic carbocycles. The Morgan fingerprint density at radius 3 is 2.79 bits per heavy atom. The van der Waals surface area contributed by atoms with E-state index >= 15 is 0 Å². The highest BCUT2D eigenvalue weighted by atomic mass is 16.1. The molecule has 3 rings (SSSR count). The molecule has 1 aliphatic carbocycles. The van der Waals surface area contributed by atoms with Crippen molar-refractivity contribution in [3.63, 3.8) is 0 Å². The van der Waals surface area contributed by atoms with Gasteiger partial charge >= 0.3 is 0 Å². The van der Waals surface area contributed by atoms with E-state index in [4.69, 9.17) is 0 Å². The minimum atomic E-state index is 0.0496. The summed E-state index contributed by atoms with van der Waals surface area (Å²) in [4.78, 5) is 12.7. The molecule has 1 aliphatic heterocycles. The highest BCUT2D eigenvalue weighted by molar-refractivity contribution is 6.01. The molecule has 0 spiro atoms. The van der Waals surface area contributed by atoms with Gasteiger partial charge in [0.05, 0.1) is 6.04 Å². The third kappa shape index (κ3) is 2.46. The van der Waals surface area contributed by atoms with Crippen molar-refractivity contribution in [3.8, 4) is 0 Å². The summed E-state index contributed by atoms with van der Waals surface area (Å²) in [5, 5.41) is 3.59. The largest absolute Gasteiger partial charge is 0.304 e. The number of Topliss-reactive ketones (excluding diaryl/α,β-unsaturated/α-hetero) is 1. The molecule has 0 radical (unpaired) electrons. The highest BCUT2D eigenvalue weighted by Gasteiger charge is 2.38. The van der Waals surface area contributed by atoms with Crippen LogP contribution in [0.25, 0.3) is 0 Å². The van der Waals surface area contributed by atoms with E-state index in [1.165, 1.54) is 31.2 Å². The maximum Gasteiger partial charge on any atom is 0.180 e. The molecule has 0 aromatic heterocycles. The molecular formula is C17H23NO. The van der Waals surface area contributed by atoms with Crippen LogP contribution in [0.1, 0.15) is 53.6 Å². The minimum Gasteiger partial charge on any atom is -0.304 e. The quantitative estimate of drug-likeness (QED) is 0.823. The van der Waals surface area contributed by atoms with Crippen molar-refractivity contribution in [2.75, 3.05) is 0 Å². The van der Waals surface area contributed by atoms with Gasteiger partial charge in [-0.05, 0) is 50.7 Å². The van der Waals surface area contributed by atoms with Crippen molar-refractivity contribution >= 4 is 5.78 Å². The minimum absolute atomic E-state index is 0.0496. The van der Waals surface area contributed by atoms with Crippen LogP contribution in [-0.4, -0.2) is 17.9 Å². The molecule has 19 heavy (non-hydrogen) atoms. The topological polar surface area (TPSA) is 29.1 Å². The normalized spacial score (nSPS) is 30.1. The molecule has 1 saturated carbocycles. The van der Waals surface area contributed by atoms with Gasteiger partial charge in [0.25, 0.3) is 0 Å². The number of fused-ring (bicyclic) bond motifs is 1. The average Bonchev–Trinajstić information content (AvgIpc) is 2.84. The zero-order valence-corrected chi connectivity index (χ0v) is 11.9. The summed E-state index contributed by atoms with van der Waals surface area (Å²) in [7, 11) is 0. The lowest BCUT2D eigenvalue weighted by atomic mass is 9.84. The second-order valence-corrected chi connectivity index (χ2v) is 6.29. The summed E-state index contributed by atoms with van der Waals surface area (Å²) in [6, 6.07) is 6.82. The molecule has 1 heterocycles. The van der Waals surface area contributed by atoms with Crippen molar-refractivity contribution in [1.82, 2.24) is 5.32 Å². The number of aryl methyl sites for hydroxylation is 2. The van der Waals surface area contributed by atoms with Gasteiger partial charge in [0.15, 0.2) is 5.78 Å². The maximum absolute atomic E-state index is 12.7. The van der Waals surface area contributed by atoms with Gasteiger partial charge in [0, 0.05) is 11.6 Å². The molecule has 3 atom stereocenters. The molecular weight excluding hydrogens is 234 g/mol. The number of nitrogens with one attached hydrogen (secondary N) is 1. The van der Waals surface area contributed by atoms with Crippen molar-refractivity contribution in [2.45, 2.75) is 58.0 Å². The molecule has 2 aliphatic rings. The van der Waals surface area contributed by atoms with E-state index in [9.17, 15) is 4.79 Å². The highest BCUT2D eigenvalue weighted by Crippen LogP contribution is 2.34. The zero-order chi connectivity index (χ0) is 13.4. The molecule has 0 bridgehead atoms. The first-order chi connectivity index (χ1) is 9.15. The van der Waals surface area contributed by atoms with Crippen molar-refractivity contribution in [3.05, 3.63) is 34.9 Å². The fourth-order valence-corrected chi connectivity index (χ4v) is 3.71. The Morgan fingerprint density at radius 2 is 2.00 bits per heavy atom. The Bertz CT molecular complexity index is 480. The first-order valence-electron chi connectivity index (χ1n) is 7.52. The Hall–Kier alpha value is -1.15. The van der Waals surface area contributed by atoms with Crippen LogP contribution in [0, 0.1) is 19.8 Å². The maximum atomic E-state index is 12.7. The van der Waals surface area contributed by atoms with Crippen LogP contribution in [-0.2, 0) is 0 Å². The van der Waals surface area contributed by atoms with Crippen LogP contribution in [0.15, 0.2) is 18.2 Å². The summed E-state index contributed by atoms with van der Waals surface area (Å²) < 4.78 is 0. The fraction of sp³-hybridized carbons (Fsp3) is 0.588. The summed E-state index contributed by atoms with van der Waals surface area (Å²) in [5.41, 5.74) is 3.19. The van der Waals surface area contributed by atoms with E-state index in [1.54, 1.807) is 0 Å². The Morgan fingerprint density at radius 1 is 1.21 bits per heavy atom. The lowest BCUT2D eigenvalue weighted by Gasteiger charge is -2.24. The van der Waals surface area contributed by atoms with Crippen LogP contribution in [0.5, 0.6) is 0 Å². The van der Waals surface area contributed by atoms with Gasteiger partial charge in [0.1, 0.15) is 0 Å². The van der Waals surface area contributed by atoms with Crippen LogP contribution in [0.3, 0.4) is 0 Å². The fourth-order valence-electron chi connectivity index (χ4n) is 3.71. The van der Waals surface area contributed by atoms with E-state index in [-0.39, 0.29) is 6.04 Å². The van der Waals surface area contributed by atoms with Crippen LogP contribution < -0.4 is 5.32 Å². The number of hydrogen-bond donors (Lipinski definition) is 1. The summed E-state index contributed by atoms with van der Waals surface area (Å²) in [6.07, 6.45) is 6.25. The monoisotopic (exact) mass is 257 g/mol. The first-order valence-corrected chi connectivity index (χ1v) is 7.52. The smallest absolute Gasteiger partial charge is 0.180 e. The number of rotatable bonds is 2. The molecule has 3 unspecified atom stereocenters. The van der Waals surface area contributed by atoms with Crippen molar-refractivity contribution in [2.24, 2.45) is 5.92 Å². The average molecular weight is 257 g/mol. The van der Waals surface area contributed by atoms with Crippen molar-refractivity contribution < 1.29 is 4.79 Å². The van der Waals surface area contributed by atoms with Gasteiger partial charge in [-0.15, -0.1) is 0 Å². The molecule has 1 saturated heterocycles. The second kappa shape index (κ2) is 5.09. The van der Waals surface area contributed by atoms with E-state index in [1.807, 2.05) is 13.0 Å². The van der Waals surface area contributed by atoms with E-state index < -0.39 is 0 Å². The number of benzene rings is 1. The Labute approximate surface area is 115 Å². The first kappa shape index (κ1) is 12.9. The molecule has 2 heteroatoms. The van der Waals surface area contributed by atoms with Gasteiger partial charge in [-0.3, -0.25) is 4.79 Å². The number of carbonyl (C=O) groups is 1. The summed E-state index contributed by atoms with van der Waals surface area (Å²) >= 11 is 0. The van der Waals surface area contributed by atoms with E-state index in [2.05, 4.69) is 24.4 Å². The van der Waals surface area contributed by atoms with Crippen LogP contribution >= 0.6 is 0 Å². The number of ketones is 1. The predicted molar refractivity (Wildman–Crippen MR) is 77.5 cm³/mol.